The van der Waals surface area contributed by atoms with Gasteiger partial charge in [0.2, 0.25) is 5.91 Å². The number of halogens is 3. The lowest BCUT2D eigenvalue weighted by molar-refractivity contribution is -0.137. The zero-order valence-electron chi connectivity index (χ0n) is 19.9. The van der Waals surface area contributed by atoms with Crippen LogP contribution in [0.25, 0.3) is 0 Å². The molecule has 3 amide bonds. The van der Waals surface area contributed by atoms with Crippen LogP contribution in [0.3, 0.4) is 0 Å². The van der Waals surface area contributed by atoms with Gasteiger partial charge in [-0.3, -0.25) is 4.79 Å². The number of carbonyl (C=O) groups is 2. The molecule has 2 aliphatic heterocycles. The van der Waals surface area contributed by atoms with Crippen LogP contribution in [-0.2, 0) is 11.0 Å². The minimum absolute atomic E-state index is 0.0122. The number of carbonyl (C=O) groups excluding carboxylic acids is 2. The average molecular weight is 492 g/mol. The number of amides is 3. The van der Waals surface area contributed by atoms with Gasteiger partial charge >= 0.3 is 12.2 Å². The average Bonchev–Trinajstić information content (AvgIpc) is 3.53. The van der Waals surface area contributed by atoms with Crippen molar-refractivity contribution in [1.82, 2.24) is 15.5 Å². The van der Waals surface area contributed by atoms with Crippen LogP contribution >= 0.6 is 0 Å². The van der Waals surface area contributed by atoms with Crippen LogP contribution in [0.2, 0.25) is 0 Å². The highest BCUT2D eigenvalue weighted by Gasteiger charge is 2.44. The Kier molecular flexibility index (Phi) is 7.43. The Morgan fingerprint density at radius 3 is 2.37 bits per heavy atom. The first-order valence-electron chi connectivity index (χ1n) is 12.3. The van der Waals surface area contributed by atoms with E-state index in [0.29, 0.717) is 31.9 Å². The number of alkyl halides is 3. The number of urea groups is 1. The summed E-state index contributed by atoms with van der Waals surface area (Å²) in [6.45, 7) is 2.00. The number of anilines is 1. The SMILES string of the molecule is CNC(=O)[C@@H]1CN(C(=O)NC2CCCC2)C[C@H]1C1CCN(c2ccc(C#N)c(C(F)(F)F)c2)CC1. The maximum Gasteiger partial charge on any atom is 0.417 e. The van der Waals surface area contributed by atoms with E-state index < -0.39 is 11.7 Å². The Morgan fingerprint density at radius 2 is 1.77 bits per heavy atom. The molecule has 0 radical (unpaired) electrons. The first kappa shape index (κ1) is 25.1. The Morgan fingerprint density at radius 1 is 1.09 bits per heavy atom. The van der Waals surface area contributed by atoms with Gasteiger partial charge < -0.3 is 20.4 Å². The van der Waals surface area contributed by atoms with Crippen LogP contribution in [0.15, 0.2) is 18.2 Å². The third-order valence-corrected chi connectivity index (χ3v) is 7.86. The molecule has 1 saturated carbocycles. The maximum absolute atomic E-state index is 13.4. The summed E-state index contributed by atoms with van der Waals surface area (Å²) in [7, 11) is 1.60. The molecule has 2 atom stereocenters. The van der Waals surface area contributed by atoms with Crippen LogP contribution in [0.1, 0.15) is 49.7 Å². The van der Waals surface area contributed by atoms with Crippen LogP contribution in [0, 0.1) is 29.1 Å². The molecule has 0 spiro atoms. The number of benzene rings is 1. The van der Waals surface area contributed by atoms with Crippen molar-refractivity contribution in [3.05, 3.63) is 29.3 Å². The molecule has 1 aromatic carbocycles. The fourth-order valence-electron chi connectivity index (χ4n) is 5.92. The molecule has 2 saturated heterocycles. The van der Waals surface area contributed by atoms with Crippen molar-refractivity contribution in [1.29, 1.82) is 5.26 Å². The Balaban J connectivity index is 1.42. The number of hydrogen-bond acceptors (Lipinski definition) is 4. The van der Waals surface area contributed by atoms with Crippen LogP contribution < -0.4 is 15.5 Å². The largest absolute Gasteiger partial charge is 0.417 e. The summed E-state index contributed by atoms with van der Waals surface area (Å²) in [5, 5.41) is 14.9. The molecular weight excluding hydrogens is 459 g/mol. The molecule has 0 aromatic heterocycles. The second kappa shape index (κ2) is 10.3. The molecular formula is C25H32F3N5O2. The van der Waals surface area contributed by atoms with Crippen molar-refractivity contribution in [2.24, 2.45) is 17.8 Å². The normalized spacial score (nSPS) is 23.9. The highest BCUT2D eigenvalue weighted by Crippen LogP contribution is 2.39. The molecule has 2 heterocycles. The molecule has 35 heavy (non-hydrogen) atoms. The number of hydrogen-bond donors (Lipinski definition) is 2. The molecule has 2 N–H and O–H groups in total. The van der Waals surface area contributed by atoms with E-state index in [2.05, 4.69) is 10.6 Å². The molecule has 0 unspecified atom stereocenters. The second-order valence-electron chi connectivity index (χ2n) is 9.88. The Labute approximate surface area is 203 Å². The van der Waals surface area contributed by atoms with Gasteiger partial charge in [-0.15, -0.1) is 0 Å². The lowest BCUT2D eigenvalue weighted by Crippen LogP contribution is -2.43. The van der Waals surface area contributed by atoms with Gasteiger partial charge in [0, 0.05) is 45.0 Å². The first-order chi connectivity index (χ1) is 16.7. The lowest BCUT2D eigenvalue weighted by atomic mass is 9.78. The number of nitriles is 1. The standard InChI is InChI=1S/C25H32F3N5O2/c1-30-23(34)21-15-33(24(35)31-18-4-2-3-5-18)14-20(21)16-8-10-32(11-9-16)19-7-6-17(13-29)22(12-19)25(26,27)28/h6-7,12,16,18,20-21H,2-5,8-11,14-15H2,1H3,(H,30,34)(H,31,35)/t20-,21+/m0/s1. The molecule has 10 heteroatoms. The zero-order chi connectivity index (χ0) is 25.2. The highest BCUT2D eigenvalue weighted by molar-refractivity contribution is 5.82. The van der Waals surface area contributed by atoms with Gasteiger partial charge in [-0.2, -0.15) is 18.4 Å². The predicted octanol–water partition coefficient (Wildman–Crippen LogP) is 3.74. The van der Waals surface area contributed by atoms with Crippen molar-refractivity contribution in [2.45, 2.75) is 50.7 Å². The molecule has 4 rings (SSSR count). The van der Waals surface area contributed by atoms with Crippen molar-refractivity contribution in [3.63, 3.8) is 0 Å². The fourth-order valence-corrected chi connectivity index (χ4v) is 5.92. The van der Waals surface area contributed by atoms with Crippen molar-refractivity contribution < 1.29 is 22.8 Å². The summed E-state index contributed by atoms with van der Waals surface area (Å²) >= 11 is 0. The van der Waals surface area contributed by atoms with Gasteiger partial charge in [-0.05, 0) is 55.7 Å². The summed E-state index contributed by atoms with van der Waals surface area (Å²) in [4.78, 5) is 29.2. The molecule has 7 nitrogen and oxygen atoms in total. The lowest BCUT2D eigenvalue weighted by Gasteiger charge is -2.37. The monoisotopic (exact) mass is 491 g/mol. The summed E-state index contributed by atoms with van der Waals surface area (Å²) in [6.07, 6.45) is 1.08. The van der Waals surface area contributed by atoms with Gasteiger partial charge in [-0.1, -0.05) is 12.8 Å². The van der Waals surface area contributed by atoms with E-state index in [4.69, 9.17) is 5.26 Å². The zero-order valence-corrected chi connectivity index (χ0v) is 19.9. The minimum atomic E-state index is -4.59. The van der Waals surface area contributed by atoms with E-state index in [1.54, 1.807) is 24.1 Å². The maximum atomic E-state index is 13.4. The van der Waals surface area contributed by atoms with E-state index in [9.17, 15) is 22.8 Å². The van der Waals surface area contributed by atoms with E-state index in [1.165, 1.54) is 6.07 Å². The summed E-state index contributed by atoms with van der Waals surface area (Å²) in [5.74, 6) is -0.162. The third-order valence-electron chi connectivity index (χ3n) is 7.86. The summed E-state index contributed by atoms with van der Waals surface area (Å²) in [5.41, 5.74) is -0.855. The fraction of sp³-hybridized carbons (Fsp3) is 0.640. The Hall–Kier alpha value is -2.96. The van der Waals surface area contributed by atoms with Gasteiger partial charge in [-0.25, -0.2) is 4.79 Å². The molecule has 3 fully saturated rings. The molecule has 0 bridgehead atoms. The summed E-state index contributed by atoms with van der Waals surface area (Å²) in [6, 6.07) is 5.56. The van der Waals surface area contributed by atoms with Gasteiger partial charge in [0.15, 0.2) is 0 Å². The molecule has 1 aromatic rings. The number of piperidine rings is 1. The quantitative estimate of drug-likeness (QED) is 0.672. The second-order valence-corrected chi connectivity index (χ2v) is 9.88. The smallest absolute Gasteiger partial charge is 0.372 e. The molecule has 1 aliphatic carbocycles. The van der Waals surface area contributed by atoms with Gasteiger partial charge in [0.1, 0.15) is 0 Å². The van der Waals surface area contributed by atoms with E-state index >= 15 is 0 Å². The molecule has 3 aliphatic rings. The number of likely N-dealkylation sites (tertiary alicyclic amines) is 1. The van der Waals surface area contributed by atoms with Crippen molar-refractivity contribution in [3.8, 4) is 6.07 Å². The van der Waals surface area contributed by atoms with Gasteiger partial charge in [0.25, 0.3) is 0 Å². The summed E-state index contributed by atoms with van der Waals surface area (Å²) < 4.78 is 40.2. The highest BCUT2D eigenvalue weighted by atomic mass is 19.4. The number of nitrogens with one attached hydrogen (secondary N) is 2. The van der Waals surface area contributed by atoms with Crippen molar-refractivity contribution in [2.75, 3.05) is 38.1 Å². The van der Waals surface area contributed by atoms with Crippen LogP contribution in [0.5, 0.6) is 0 Å². The first-order valence-corrected chi connectivity index (χ1v) is 12.3. The third kappa shape index (κ3) is 5.49. The topological polar surface area (TPSA) is 88.5 Å². The predicted molar refractivity (Wildman–Crippen MR) is 125 cm³/mol. The van der Waals surface area contributed by atoms with E-state index in [0.717, 1.165) is 44.6 Å². The van der Waals surface area contributed by atoms with E-state index in [-0.39, 0.29) is 41.3 Å². The van der Waals surface area contributed by atoms with E-state index in [1.807, 2.05) is 4.90 Å². The minimum Gasteiger partial charge on any atom is -0.372 e. The number of rotatable bonds is 4. The van der Waals surface area contributed by atoms with Gasteiger partial charge in [0.05, 0.1) is 23.1 Å². The number of nitrogens with zero attached hydrogens (tertiary/aromatic N) is 3. The van der Waals surface area contributed by atoms with Crippen LogP contribution in [0.4, 0.5) is 23.7 Å². The Bertz CT molecular complexity index is 978. The van der Waals surface area contributed by atoms with Crippen molar-refractivity contribution >= 4 is 17.6 Å². The molecule has 190 valence electrons. The van der Waals surface area contributed by atoms with Crippen LogP contribution in [-0.4, -0.2) is 56.1 Å².